The summed E-state index contributed by atoms with van der Waals surface area (Å²) < 4.78 is 0. The van der Waals surface area contributed by atoms with E-state index in [1.165, 1.54) is 32.1 Å². The summed E-state index contributed by atoms with van der Waals surface area (Å²) in [5, 5.41) is 3.03. The molecule has 1 saturated carbocycles. The molecular formula is C16H24N2O. The lowest BCUT2D eigenvalue weighted by molar-refractivity contribution is 0.0941. The summed E-state index contributed by atoms with van der Waals surface area (Å²) in [6.07, 6.45) is 6.42. The first-order chi connectivity index (χ1) is 9.19. The largest absolute Gasteiger partial charge is 0.399 e. The first-order valence-electron chi connectivity index (χ1n) is 7.32. The number of carbonyl (C=O) groups excluding carboxylic acids is 1. The molecule has 0 bridgehead atoms. The van der Waals surface area contributed by atoms with Gasteiger partial charge in [-0.25, -0.2) is 0 Å². The fourth-order valence-corrected chi connectivity index (χ4v) is 2.86. The molecule has 19 heavy (non-hydrogen) atoms. The Morgan fingerprint density at radius 1 is 1.26 bits per heavy atom. The van der Waals surface area contributed by atoms with E-state index in [9.17, 15) is 4.79 Å². The van der Waals surface area contributed by atoms with Gasteiger partial charge in [0, 0.05) is 17.8 Å². The molecule has 0 heterocycles. The highest BCUT2D eigenvalue weighted by molar-refractivity contribution is 5.94. The van der Waals surface area contributed by atoms with E-state index < -0.39 is 0 Å². The highest BCUT2D eigenvalue weighted by Gasteiger charge is 2.20. The molecule has 2 rings (SSSR count). The third-order valence-electron chi connectivity index (χ3n) is 4.24. The maximum atomic E-state index is 12.0. The van der Waals surface area contributed by atoms with Gasteiger partial charge < -0.3 is 11.1 Å². The molecule has 1 aliphatic rings. The maximum absolute atomic E-state index is 12.0. The van der Waals surface area contributed by atoms with Crippen molar-refractivity contribution < 1.29 is 4.79 Å². The predicted molar refractivity (Wildman–Crippen MR) is 78.9 cm³/mol. The topological polar surface area (TPSA) is 55.1 Å². The van der Waals surface area contributed by atoms with Crippen LogP contribution < -0.4 is 11.1 Å². The van der Waals surface area contributed by atoms with E-state index in [0.29, 0.717) is 17.2 Å². The second-order valence-corrected chi connectivity index (χ2v) is 5.63. The minimum atomic E-state index is -0.00934. The monoisotopic (exact) mass is 260 g/mol. The van der Waals surface area contributed by atoms with Gasteiger partial charge >= 0.3 is 0 Å². The molecule has 0 aromatic heterocycles. The Balaban J connectivity index is 1.78. The molecule has 0 atom stereocenters. The summed E-state index contributed by atoms with van der Waals surface area (Å²) in [6.45, 7) is 3.07. The second kappa shape index (κ2) is 6.60. The second-order valence-electron chi connectivity index (χ2n) is 5.63. The van der Waals surface area contributed by atoms with Crippen molar-refractivity contribution >= 4 is 11.6 Å². The van der Waals surface area contributed by atoms with Crippen LogP contribution in [0.15, 0.2) is 24.3 Å². The van der Waals surface area contributed by atoms with Crippen molar-refractivity contribution in [1.82, 2.24) is 5.32 Å². The van der Waals surface area contributed by atoms with Crippen LogP contribution in [0.25, 0.3) is 0 Å². The molecule has 0 aliphatic heterocycles. The van der Waals surface area contributed by atoms with E-state index in [1.807, 2.05) is 6.07 Å². The first-order valence-corrected chi connectivity index (χ1v) is 7.32. The van der Waals surface area contributed by atoms with Crippen LogP contribution in [0.5, 0.6) is 0 Å². The van der Waals surface area contributed by atoms with Crippen molar-refractivity contribution in [1.29, 1.82) is 0 Å². The molecule has 1 aromatic carbocycles. The number of carbonyl (C=O) groups is 1. The molecule has 1 amide bonds. The Kier molecular flexibility index (Phi) is 4.83. The summed E-state index contributed by atoms with van der Waals surface area (Å²) in [7, 11) is 0. The van der Waals surface area contributed by atoms with Gasteiger partial charge in [0.25, 0.3) is 5.91 Å². The third kappa shape index (κ3) is 3.98. The van der Waals surface area contributed by atoms with Crippen LogP contribution >= 0.6 is 0 Å². The third-order valence-corrected chi connectivity index (χ3v) is 4.24. The van der Waals surface area contributed by atoms with Gasteiger partial charge in [0.1, 0.15) is 0 Å². The smallest absolute Gasteiger partial charge is 0.251 e. The molecule has 0 spiro atoms. The number of anilines is 1. The molecule has 1 aliphatic carbocycles. The van der Waals surface area contributed by atoms with E-state index in [2.05, 4.69) is 12.2 Å². The highest BCUT2D eigenvalue weighted by atomic mass is 16.1. The number of rotatable bonds is 4. The molecule has 0 unspecified atom stereocenters. The average molecular weight is 260 g/mol. The number of nitrogen functional groups attached to an aromatic ring is 1. The SMILES string of the molecule is CCC1CCC(CNC(=O)c2cccc(N)c2)CC1. The zero-order valence-corrected chi connectivity index (χ0v) is 11.7. The quantitative estimate of drug-likeness (QED) is 0.817. The van der Waals surface area contributed by atoms with Crippen LogP contribution in [0.1, 0.15) is 49.4 Å². The van der Waals surface area contributed by atoms with Gasteiger partial charge in [-0.15, -0.1) is 0 Å². The van der Waals surface area contributed by atoms with Crippen LogP contribution in [0.2, 0.25) is 0 Å². The van der Waals surface area contributed by atoms with Gasteiger partial charge in [0.15, 0.2) is 0 Å². The fraction of sp³-hybridized carbons (Fsp3) is 0.562. The Labute approximate surface area is 115 Å². The fourth-order valence-electron chi connectivity index (χ4n) is 2.86. The van der Waals surface area contributed by atoms with Gasteiger partial charge in [0.2, 0.25) is 0 Å². The number of hydrogen-bond acceptors (Lipinski definition) is 2. The van der Waals surface area contributed by atoms with Crippen LogP contribution in [-0.4, -0.2) is 12.5 Å². The van der Waals surface area contributed by atoms with E-state index in [0.717, 1.165) is 12.5 Å². The average Bonchev–Trinajstić information content (AvgIpc) is 2.45. The van der Waals surface area contributed by atoms with Crippen LogP contribution in [-0.2, 0) is 0 Å². The molecule has 3 heteroatoms. The number of amides is 1. The standard InChI is InChI=1S/C16H24N2O/c1-2-12-6-8-13(9-7-12)11-18-16(19)14-4-3-5-15(17)10-14/h3-5,10,12-13H,2,6-9,11,17H2,1H3,(H,18,19). The highest BCUT2D eigenvalue weighted by Crippen LogP contribution is 2.30. The Morgan fingerprint density at radius 2 is 1.95 bits per heavy atom. The van der Waals surface area contributed by atoms with Gasteiger partial charge in [-0.05, 0) is 42.9 Å². The van der Waals surface area contributed by atoms with Crippen molar-refractivity contribution in [3.63, 3.8) is 0 Å². The maximum Gasteiger partial charge on any atom is 0.251 e. The Morgan fingerprint density at radius 3 is 2.58 bits per heavy atom. The minimum absolute atomic E-state index is 0.00934. The zero-order valence-electron chi connectivity index (χ0n) is 11.7. The molecule has 1 fully saturated rings. The lowest BCUT2D eigenvalue weighted by Crippen LogP contribution is -2.31. The number of nitrogens with one attached hydrogen (secondary N) is 1. The molecule has 3 N–H and O–H groups in total. The predicted octanol–water partition coefficient (Wildman–Crippen LogP) is 3.22. The molecule has 104 valence electrons. The zero-order chi connectivity index (χ0) is 13.7. The van der Waals surface area contributed by atoms with Crippen molar-refractivity contribution in [3.8, 4) is 0 Å². The van der Waals surface area contributed by atoms with Crippen molar-refractivity contribution in [2.45, 2.75) is 39.0 Å². The van der Waals surface area contributed by atoms with Crippen LogP contribution in [0.4, 0.5) is 5.69 Å². The van der Waals surface area contributed by atoms with Gasteiger partial charge in [-0.3, -0.25) is 4.79 Å². The lowest BCUT2D eigenvalue weighted by atomic mass is 9.81. The summed E-state index contributed by atoms with van der Waals surface area (Å²) in [5.74, 6) is 1.54. The normalized spacial score (nSPS) is 23.0. The molecule has 0 radical (unpaired) electrons. The minimum Gasteiger partial charge on any atom is -0.399 e. The van der Waals surface area contributed by atoms with E-state index in [-0.39, 0.29) is 5.91 Å². The Bertz CT molecular complexity index is 423. The number of hydrogen-bond donors (Lipinski definition) is 2. The lowest BCUT2D eigenvalue weighted by Gasteiger charge is -2.27. The van der Waals surface area contributed by atoms with E-state index in [1.54, 1.807) is 18.2 Å². The number of benzene rings is 1. The van der Waals surface area contributed by atoms with E-state index in [4.69, 9.17) is 5.73 Å². The number of nitrogens with two attached hydrogens (primary N) is 1. The van der Waals surface area contributed by atoms with Gasteiger partial charge in [-0.1, -0.05) is 32.3 Å². The van der Waals surface area contributed by atoms with Crippen LogP contribution in [0.3, 0.4) is 0 Å². The van der Waals surface area contributed by atoms with Crippen molar-refractivity contribution in [3.05, 3.63) is 29.8 Å². The van der Waals surface area contributed by atoms with Crippen molar-refractivity contribution in [2.24, 2.45) is 11.8 Å². The molecular weight excluding hydrogens is 236 g/mol. The Hall–Kier alpha value is -1.51. The molecule has 3 nitrogen and oxygen atoms in total. The summed E-state index contributed by atoms with van der Waals surface area (Å²) >= 11 is 0. The molecule has 0 saturated heterocycles. The van der Waals surface area contributed by atoms with Gasteiger partial charge in [0.05, 0.1) is 0 Å². The first kappa shape index (κ1) is 13.9. The summed E-state index contributed by atoms with van der Waals surface area (Å²) in [6, 6.07) is 7.14. The van der Waals surface area contributed by atoms with Crippen molar-refractivity contribution in [2.75, 3.05) is 12.3 Å². The van der Waals surface area contributed by atoms with Crippen LogP contribution in [0, 0.1) is 11.8 Å². The van der Waals surface area contributed by atoms with Gasteiger partial charge in [-0.2, -0.15) is 0 Å². The van der Waals surface area contributed by atoms with E-state index >= 15 is 0 Å². The summed E-state index contributed by atoms with van der Waals surface area (Å²) in [5.41, 5.74) is 6.98. The summed E-state index contributed by atoms with van der Waals surface area (Å²) in [4.78, 5) is 12.0. The molecule has 1 aromatic rings.